The Morgan fingerprint density at radius 2 is 2.12 bits per heavy atom. The summed E-state index contributed by atoms with van der Waals surface area (Å²) < 4.78 is 5.95. The van der Waals surface area contributed by atoms with E-state index in [1.54, 1.807) is 0 Å². The first-order chi connectivity index (χ1) is 7.49. The molecule has 1 aromatic rings. The van der Waals surface area contributed by atoms with E-state index in [9.17, 15) is 0 Å². The van der Waals surface area contributed by atoms with Gasteiger partial charge in [-0.05, 0) is 25.0 Å². The molecule has 2 N–H and O–H groups in total. The lowest BCUT2D eigenvalue weighted by atomic mass is 9.99. The van der Waals surface area contributed by atoms with Crippen LogP contribution in [0.15, 0.2) is 12.1 Å². The predicted octanol–water partition coefficient (Wildman–Crippen LogP) is 2.61. The maximum absolute atomic E-state index is 5.95. The minimum absolute atomic E-state index is 0.235. The van der Waals surface area contributed by atoms with Crippen molar-refractivity contribution in [1.29, 1.82) is 0 Å². The fourth-order valence-corrected chi connectivity index (χ4v) is 2.22. The second-order valence-corrected chi connectivity index (χ2v) is 4.92. The van der Waals surface area contributed by atoms with Crippen molar-refractivity contribution in [3.05, 3.63) is 17.7 Å². The van der Waals surface area contributed by atoms with Gasteiger partial charge < -0.3 is 15.4 Å². The van der Waals surface area contributed by atoms with Gasteiger partial charge in [-0.25, -0.2) is 0 Å². The first-order valence-electron chi connectivity index (χ1n) is 5.80. The molecule has 0 aromatic heterocycles. The molecule has 2 rings (SSSR count). The zero-order valence-corrected chi connectivity index (χ0v) is 10.4. The zero-order valence-electron chi connectivity index (χ0n) is 10.4. The number of nitrogen functional groups attached to an aromatic ring is 1. The van der Waals surface area contributed by atoms with Crippen molar-refractivity contribution >= 4 is 11.4 Å². The predicted molar refractivity (Wildman–Crippen MR) is 68.3 cm³/mol. The standard InChI is InChI=1S/C13H20N2O/c1-8(2)11-5-10(14)6-12-13(11)16-9(3)7-15(12)4/h5-6,8-9H,7,14H2,1-4H3. The fraction of sp³-hybridized carbons (Fsp3) is 0.538. The van der Waals surface area contributed by atoms with Crippen molar-refractivity contribution < 1.29 is 4.74 Å². The van der Waals surface area contributed by atoms with Gasteiger partial charge in [0.1, 0.15) is 11.9 Å². The highest BCUT2D eigenvalue weighted by atomic mass is 16.5. The lowest BCUT2D eigenvalue weighted by Gasteiger charge is -2.34. The summed E-state index contributed by atoms with van der Waals surface area (Å²) >= 11 is 0. The molecule has 0 saturated heterocycles. The van der Waals surface area contributed by atoms with E-state index in [1.807, 2.05) is 12.1 Å². The van der Waals surface area contributed by atoms with Gasteiger partial charge in [0.25, 0.3) is 0 Å². The molecule has 0 radical (unpaired) electrons. The third-order valence-corrected chi connectivity index (χ3v) is 3.00. The van der Waals surface area contributed by atoms with E-state index in [2.05, 4.69) is 32.7 Å². The number of anilines is 2. The van der Waals surface area contributed by atoms with Gasteiger partial charge in [-0.15, -0.1) is 0 Å². The highest BCUT2D eigenvalue weighted by Crippen LogP contribution is 2.40. The summed E-state index contributed by atoms with van der Waals surface area (Å²) in [4.78, 5) is 2.21. The van der Waals surface area contributed by atoms with E-state index in [0.717, 1.165) is 23.7 Å². The molecule has 1 aliphatic rings. The number of ether oxygens (including phenoxy) is 1. The lowest BCUT2D eigenvalue weighted by molar-refractivity contribution is 0.212. The van der Waals surface area contributed by atoms with Crippen LogP contribution in [-0.2, 0) is 0 Å². The molecule has 0 fully saturated rings. The molecule has 16 heavy (non-hydrogen) atoms. The number of likely N-dealkylation sites (N-methyl/N-ethyl adjacent to an activating group) is 1. The van der Waals surface area contributed by atoms with E-state index in [4.69, 9.17) is 10.5 Å². The van der Waals surface area contributed by atoms with Gasteiger partial charge >= 0.3 is 0 Å². The molecule has 0 bridgehead atoms. The van der Waals surface area contributed by atoms with Gasteiger partial charge in [-0.1, -0.05) is 13.8 Å². The van der Waals surface area contributed by atoms with Gasteiger partial charge in [0.15, 0.2) is 0 Å². The van der Waals surface area contributed by atoms with Crippen LogP contribution in [0, 0.1) is 0 Å². The third kappa shape index (κ3) is 1.82. The monoisotopic (exact) mass is 220 g/mol. The summed E-state index contributed by atoms with van der Waals surface area (Å²) in [6.45, 7) is 7.34. The molecule has 0 spiro atoms. The van der Waals surface area contributed by atoms with Crippen molar-refractivity contribution in [1.82, 2.24) is 0 Å². The van der Waals surface area contributed by atoms with E-state index >= 15 is 0 Å². The lowest BCUT2D eigenvalue weighted by Crippen LogP contribution is -2.36. The second-order valence-electron chi connectivity index (χ2n) is 4.92. The SMILES string of the molecule is CC1CN(C)c2cc(N)cc(C(C)C)c2O1. The highest BCUT2D eigenvalue weighted by molar-refractivity contribution is 5.69. The first kappa shape index (κ1) is 11.1. The van der Waals surface area contributed by atoms with Crippen LogP contribution < -0.4 is 15.4 Å². The number of hydrogen-bond acceptors (Lipinski definition) is 3. The topological polar surface area (TPSA) is 38.5 Å². The van der Waals surface area contributed by atoms with Crippen molar-refractivity contribution in [2.45, 2.75) is 32.8 Å². The highest BCUT2D eigenvalue weighted by Gasteiger charge is 2.24. The quantitative estimate of drug-likeness (QED) is 0.739. The summed E-state index contributed by atoms with van der Waals surface area (Å²) in [5, 5.41) is 0. The van der Waals surface area contributed by atoms with Crippen LogP contribution >= 0.6 is 0 Å². The Labute approximate surface area is 97.2 Å². The molecule has 3 heteroatoms. The summed E-state index contributed by atoms with van der Waals surface area (Å²) in [6, 6.07) is 4.02. The fourth-order valence-electron chi connectivity index (χ4n) is 2.22. The maximum atomic E-state index is 5.95. The second kappa shape index (κ2) is 3.89. The molecule has 88 valence electrons. The molecule has 1 aromatic carbocycles. The smallest absolute Gasteiger partial charge is 0.146 e. The van der Waals surface area contributed by atoms with E-state index < -0.39 is 0 Å². The number of nitrogens with zero attached hydrogens (tertiary/aromatic N) is 1. The summed E-state index contributed by atoms with van der Waals surface area (Å²) in [6.07, 6.45) is 0.235. The molecule has 1 heterocycles. The van der Waals surface area contributed by atoms with Crippen molar-refractivity contribution in [3.63, 3.8) is 0 Å². The van der Waals surface area contributed by atoms with Gasteiger partial charge in [-0.3, -0.25) is 0 Å². The summed E-state index contributed by atoms with van der Waals surface area (Å²) in [5.41, 5.74) is 9.06. The van der Waals surface area contributed by atoms with Crippen LogP contribution in [0.25, 0.3) is 0 Å². The van der Waals surface area contributed by atoms with E-state index in [-0.39, 0.29) is 6.10 Å². The van der Waals surface area contributed by atoms with E-state index in [1.165, 1.54) is 5.56 Å². The summed E-state index contributed by atoms with van der Waals surface area (Å²) in [5.74, 6) is 1.43. The molecule has 0 aliphatic carbocycles. The molecule has 1 aliphatic heterocycles. The molecule has 0 amide bonds. The molecular formula is C13H20N2O. The largest absolute Gasteiger partial charge is 0.486 e. The average Bonchev–Trinajstić information content (AvgIpc) is 2.18. The Morgan fingerprint density at radius 1 is 1.44 bits per heavy atom. The Hall–Kier alpha value is -1.38. The molecule has 0 saturated carbocycles. The number of nitrogens with two attached hydrogens (primary N) is 1. The zero-order chi connectivity index (χ0) is 11.9. The van der Waals surface area contributed by atoms with Crippen LogP contribution in [0.1, 0.15) is 32.3 Å². The molecule has 3 nitrogen and oxygen atoms in total. The van der Waals surface area contributed by atoms with Gasteiger partial charge in [0.2, 0.25) is 0 Å². The van der Waals surface area contributed by atoms with Crippen LogP contribution in [0.3, 0.4) is 0 Å². The van der Waals surface area contributed by atoms with Gasteiger partial charge in [-0.2, -0.15) is 0 Å². The van der Waals surface area contributed by atoms with Crippen LogP contribution in [0.5, 0.6) is 5.75 Å². The number of benzene rings is 1. The Morgan fingerprint density at radius 3 is 2.75 bits per heavy atom. The number of rotatable bonds is 1. The Kier molecular flexibility index (Phi) is 2.70. The minimum Gasteiger partial charge on any atom is -0.486 e. The van der Waals surface area contributed by atoms with Gasteiger partial charge in [0.05, 0.1) is 12.2 Å². The first-order valence-corrected chi connectivity index (χ1v) is 5.80. The normalized spacial score (nSPS) is 19.6. The maximum Gasteiger partial charge on any atom is 0.146 e. The number of fused-ring (bicyclic) bond motifs is 1. The van der Waals surface area contributed by atoms with Crippen LogP contribution in [0.2, 0.25) is 0 Å². The van der Waals surface area contributed by atoms with Crippen LogP contribution in [0.4, 0.5) is 11.4 Å². The Balaban J connectivity index is 2.56. The molecule has 1 unspecified atom stereocenters. The average molecular weight is 220 g/mol. The minimum atomic E-state index is 0.235. The van der Waals surface area contributed by atoms with E-state index in [0.29, 0.717) is 5.92 Å². The Bertz CT molecular complexity index is 384. The third-order valence-electron chi connectivity index (χ3n) is 3.00. The molecular weight excluding hydrogens is 200 g/mol. The van der Waals surface area contributed by atoms with Crippen molar-refractivity contribution in [2.24, 2.45) is 0 Å². The number of hydrogen-bond donors (Lipinski definition) is 1. The van der Waals surface area contributed by atoms with Gasteiger partial charge in [0, 0.05) is 18.3 Å². The van der Waals surface area contributed by atoms with Crippen molar-refractivity contribution in [2.75, 3.05) is 24.2 Å². The van der Waals surface area contributed by atoms with Crippen molar-refractivity contribution in [3.8, 4) is 5.75 Å². The summed E-state index contributed by atoms with van der Waals surface area (Å²) in [7, 11) is 2.08. The molecule has 1 atom stereocenters. The van der Waals surface area contributed by atoms with Crippen LogP contribution in [-0.4, -0.2) is 19.7 Å².